The molecule has 0 amide bonds. The maximum Gasteiger partial charge on any atom is 0.314 e. The van der Waals surface area contributed by atoms with Crippen molar-refractivity contribution >= 4 is 11.7 Å². The monoisotopic (exact) mass is 267 g/mol. The summed E-state index contributed by atoms with van der Waals surface area (Å²) in [6, 6.07) is 4.50. The predicted molar refractivity (Wildman–Crippen MR) is 69.5 cm³/mol. The first-order valence-corrected chi connectivity index (χ1v) is 5.92. The van der Waals surface area contributed by atoms with Gasteiger partial charge < -0.3 is 9.84 Å². The Morgan fingerprint density at radius 1 is 1.47 bits per heavy atom. The van der Waals surface area contributed by atoms with E-state index < -0.39 is 16.8 Å². The Balaban J connectivity index is 3.37. The number of nitrogens with zero attached hydrogens (tertiary/aromatic N) is 1. The molecule has 0 fully saturated rings. The number of aliphatic carboxylic acids is 1. The van der Waals surface area contributed by atoms with Gasteiger partial charge in [0.25, 0.3) is 0 Å². The standard InChI is InChI=1S/C13H17NO5/c1-8(2)7-10(13(15)16)9-5-4-6-11(19-3)12(9)14(17)18/h4-6,8,10H,7H2,1-3H3,(H,15,16). The van der Waals surface area contributed by atoms with E-state index in [1.807, 2.05) is 13.8 Å². The van der Waals surface area contributed by atoms with Crippen LogP contribution in [0.2, 0.25) is 0 Å². The van der Waals surface area contributed by atoms with Crippen molar-refractivity contribution in [1.29, 1.82) is 0 Å². The van der Waals surface area contributed by atoms with Crippen molar-refractivity contribution in [2.75, 3.05) is 7.11 Å². The Morgan fingerprint density at radius 2 is 2.11 bits per heavy atom. The zero-order valence-corrected chi connectivity index (χ0v) is 11.1. The van der Waals surface area contributed by atoms with E-state index in [4.69, 9.17) is 4.74 Å². The molecule has 6 heteroatoms. The van der Waals surface area contributed by atoms with E-state index in [2.05, 4.69) is 0 Å². The fourth-order valence-electron chi connectivity index (χ4n) is 2.01. The molecule has 104 valence electrons. The maximum absolute atomic E-state index is 11.3. The third-order valence-electron chi connectivity index (χ3n) is 2.81. The molecule has 0 bridgehead atoms. The predicted octanol–water partition coefficient (Wildman–Crippen LogP) is 2.82. The summed E-state index contributed by atoms with van der Waals surface area (Å²) in [5, 5.41) is 20.4. The fraction of sp³-hybridized carbons (Fsp3) is 0.462. The van der Waals surface area contributed by atoms with Gasteiger partial charge in [-0.1, -0.05) is 26.0 Å². The molecule has 1 N–H and O–H groups in total. The first kappa shape index (κ1) is 14.9. The summed E-state index contributed by atoms with van der Waals surface area (Å²) in [5.41, 5.74) is -0.0800. The van der Waals surface area contributed by atoms with Crippen LogP contribution in [0.1, 0.15) is 31.7 Å². The number of ether oxygens (including phenoxy) is 1. The summed E-state index contributed by atoms with van der Waals surface area (Å²) in [7, 11) is 1.32. The molecule has 0 aliphatic carbocycles. The molecule has 0 heterocycles. The Morgan fingerprint density at radius 3 is 2.53 bits per heavy atom. The van der Waals surface area contributed by atoms with Crippen LogP contribution in [-0.2, 0) is 4.79 Å². The summed E-state index contributed by atoms with van der Waals surface area (Å²) in [5.74, 6) is -1.77. The molecule has 0 aliphatic heterocycles. The minimum atomic E-state index is -1.06. The zero-order valence-electron chi connectivity index (χ0n) is 11.1. The molecule has 19 heavy (non-hydrogen) atoms. The lowest BCUT2D eigenvalue weighted by molar-refractivity contribution is -0.386. The molecule has 0 radical (unpaired) electrons. The third-order valence-corrected chi connectivity index (χ3v) is 2.81. The Hall–Kier alpha value is -2.11. The Bertz CT molecular complexity index is 484. The second-order valence-corrected chi connectivity index (χ2v) is 4.68. The van der Waals surface area contributed by atoms with E-state index in [0.29, 0.717) is 6.42 Å². The summed E-state index contributed by atoms with van der Waals surface area (Å²) in [6.45, 7) is 3.75. The summed E-state index contributed by atoms with van der Waals surface area (Å²) >= 11 is 0. The number of methoxy groups -OCH3 is 1. The van der Waals surface area contributed by atoms with Gasteiger partial charge in [-0.3, -0.25) is 14.9 Å². The van der Waals surface area contributed by atoms with Crippen LogP contribution in [0.4, 0.5) is 5.69 Å². The van der Waals surface area contributed by atoms with Crippen LogP contribution in [0, 0.1) is 16.0 Å². The van der Waals surface area contributed by atoms with Crippen molar-refractivity contribution in [3.8, 4) is 5.75 Å². The number of nitro benzene ring substituents is 1. The molecule has 1 aromatic carbocycles. The van der Waals surface area contributed by atoms with Crippen LogP contribution in [0.25, 0.3) is 0 Å². The number of nitro groups is 1. The van der Waals surface area contributed by atoms with Crippen molar-refractivity contribution in [2.24, 2.45) is 5.92 Å². The van der Waals surface area contributed by atoms with Crippen LogP contribution in [-0.4, -0.2) is 23.1 Å². The van der Waals surface area contributed by atoms with E-state index in [1.54, 1.807) is 6.07 Å². The number of carbonyl (C=O) groups is 1. The number of hydrogen-bond acceptors (Lipinski definition) is 4. The first-order valence-electron chi connectivity index (χ1n) is 5.92. The molecule has 1 aromatic rings. The third kappa shape index (κ3) is 3.43. The number of para-hydroxylation sites is 1. The SMILES string of the molecule is COc1cccc(C(CC(C)C)C(=O)O)c1[N+](=O)[O-]. The van der Waals surface area contributed by atoms with Crippen molar-refractivity contribution in [2.45, 2.75) is 26.2 Å². The summed E-state index contributed by atoms with van der Waals surface area (Å²) < 4.78 is 4.95. The molecule has 0 spiro atoms. The number of carboxylic acids is 1. The van der Waals surface area contributed by atoms with Gasteiger partial charge in [-0.2, -0.15) is 0 Å². The molecule has 0 aromatic heterocycles. The lowest BCUT2D eigenvalue weighted by Gasteiger charge is -2.16. The van der Waals surface area contributed by atoms with Gasteiger partial charge in [0.15, 0.2) is 5.75 Å². The van der Waals surface area contributed by atoms with Gasteiger partial charge in [0.1, 0.15) is 0 Å². The van der Waals surface area contributed by atoms with Gasteiger partial charge in [-0.05, 0) is 18.4 Å². The molecule has 0 saturated carbocycles. The van der Waals surface area contributed by atoms with Crippen LogP contribution in [0.3, 0.4) is 0 Å². The molecular formula is C13H17NO5. The maximum atomic E-state index is 11.3. The van der Waals surface area contributed by atoms with Crippen LogP contribution >= 0.6 is 0 Å². The lowest BCUT2D eigenvalue weighted by Crippen LogP contribution is -2.16. The highest BCUT2D eigenvalue weighted by molar-refractivity contribution is 5.78. The highest BCUT2D eigenvalue weighted by Crippen LogP contribution is 2.37. The molecule has 1 unspecified atom stereocenters. The van der Waals surface area contributed by atoms with Crippen molar-refractivity contribution in [3.63, 3.8) is 0 Å². The van der Waals surface area contributed by atoms with E-state index in [9.17, 15) is 20.0 Å². The molecule has 1 atom stereocenters. The van der Waals surface area contributed by atoms with Crippen LogP contribution < -0.4 is 4.74 Å². The van der Waals surface area contributed by atoms with Gasteiger partial charge >= 0.3 is 11.7 Å². The van der Waals surface area contributed by atoms with E-state index in [-0.39, 0.29) is 22.9 Å². The number of rotatable bonds is 6. The lowest BCUT2D eigenvalue weighted by atomic mass is 9.89. The summed E-state index contributed by atoms with van der Waals surface area (Å²) in [4.78, 5) is 21.9. The van der Waals surface area contributed by atoms with E-state index in [0.717, 1.165) is 0 Å². The van der Waals surface area contributed by atoms with Gasteiger partial charge in [-0.25, -0.2) is 0 Å². The highest BCUT2D eigenvalue weighted by atomic mass is 16.6. The van der Waals surface area contributed by atoms with Gasteiger partial charge in [0.05, 0.1) is 18.0 Å². The second-order valence-electron chi connectivity index (χ2n) is 4.68. The van der Waals surface area contributed by atoms with Crippen molar-refractivity contribution < 1.29 is 19.6 Å². The van der Waals surface area contributed by atoms with Gasteiger partial charge in [-0.15, -0.1) is 0 Å². The molecule has 0 saturated heterocycles. The van der Waals surface area contributed by atoms with Crippen molar-refractivity contribution in [3.05, 3.63) is 33.9 Å². The van der Waals surface area contributed by atoms with E-state index in [1.165, 1.54) is 19.2 Å². The molecule has 6 nitrogen and oxygen atoms in total. The Labute approximate surface area is 111 Å². The van der Waals surface area contributed by atoms with Crippen molar-refractivity contribution in [1.82, 2.24) is 0 Å². The van der Waals surface area contributed by atoms with Gasteiger partial charge in [0, 0.05) is 5.56 Å². The molecular weight excluding hydrogens is 250 g/mol. The molecule has 0 aliphatic rings. The number of carboxylic acid groups (broad SMARTS) is 1. The Kier molecular flexibility index (Phi) is 4.86. The number of hydrogen-bond donors (Lipinski definition) is 1. The van der Waals surface area contributed by atoms with Crippen LogP contribution in [0.5, 0.6) is 5.75 Å². The zero-order chi connectivity index (χ0) is 14.6. The van der Waals surface area contributed by atoms with Gasteiger partial charge in [0.2, 0.25) is 0 Å². The molecule has 1 rings (SSSR count). The smallest absolute Gasteiger partial charge is 0.314 e. The average molecular weight is 267 g/mol. The largest absolute Gasteiger partial charge is 0.490 e. The normalized spacial score (nSPS) is 12.2. The highest BCUT2D eigenvalue weighted by Gasteiger charge is 2.31. The fourth-order valence-corrected chi connectivity index (χ4v) is 2.01. The first-order chi connectivity index (χ1) is 8.88. The minimum Gasteiger partial charge on any atom is -0.490 e. The average Bonchev–Trinajstić information content (AvgIpc) is 2.34. The minimum absolute atomic E-state index is 0.0810. The topological polar surface area (TPSA) is 89.7 Å². The number of benzene rings is 1. The summed E-state index contributed by atoms with van der Waals surface area (Å²) in [6.07, 6.45) is 0.337. The van der Waals surface area contributed by atoms with E-state index >= 15 is 0 Å². The van der Waals surface area contributed by atoms with Crippen LogP contribution in [0.15, 0.2) is 18.2 Å². The second kappa shape index (κ2) is 6.17. The quantitative estimate of drug-likeness (QED) is 0.632.